The maximum atomic E-state index is 11.7. The van der Waals surface area contributed by atoms with Crippen LogP contribution in [-0.2, 0) is 9.53 Å². The number of hydrogen-bond donors (Lipinski definition) is 2. The highest BCUT2D eigenvalue weighted by atomic mass is 19.4. The Hall–Kier alpha value is -1.47. The van der Waals surface area contributed by atoms with Crippen LogP contribution in [0.1, 0.15) is 19.3 Å². The molecule has 0 aliphatic heterocycles. The number of carboxylic acids is 1. The van der Waals surface area contributed by atoms with Crippen LogP contribution in [0.5, 0.6) is 0 Å². The molecule has 2 atom stereocenters. The normalized spacial score (nSPS) is 24.4. The standard InChI is InChI=1S/C9H12F3NO4/c10-9(11,12)4-17-8(16)13-6-3-1-2-5(6)7(14)15/h5-6H,1-4H2,(H,13,16)(H,14,15). The molecule has 1 aliphatic rings. The zero-order valence-electron chi connectivity index (χ0n) is 8.79. The second-order valence-corrected chi connectivity index (χ2v) is 3.82. The van der Waals surface area contributed by atoms with Crippen molar-refractivity contribution < 1.29 is 32.6 Å². The number of halogens is 3. The molecule has 98 valence electrons. The summed E-state index contributed by atoms with van der Waals surface area (Å²) in [4.78, 5) is 21.7. The molecule has 1 rings (SSSR count). The van der Waals surface area contributed by atoms with Crippen molar-refractivity contribution in [2.45, 2.75) is 31.5 Å². The number of hydrogen-bond acceptors (Lipinski definition) is 3. The molecule has 0 saturated heterocycles. The van der Waals surface area contributed by atoms with E-state index in [9.17, 15) is 22.8 Å². The molecule has 1 amide bonds. The summed E-state index contributed by atoms with van der Waals surface area (Å²) < 4.78 is 39.1. The third kappa shape index (κ3) is 4.49. The predicted octanol–water partition coefficient (Wildman–Crippen LogP) is 1.53. The number of ether oxygens (including phenoxy) is 1. The smallest absolute Gasteiger partial charge is 0.422 e. The van der Waals surface area contributed by atoms with E-state index in [1.807, 2.05) is 0 Å². The molecule has 2 N–H and O–H groups in total. The quantitative estimate of drug-likeness (QED) is 0.801. The Morgan fingerprint density at radius 1 is 1.35 bits per heavy atom. The Morgan fingerprint density at radius 3 is 2.53 bits per heavy atom. The Kier molecular flexibility index (Phi) is 4.19. The number of nitrogens with one attached hydrogen (secondary N) is 1. The fraction of sp³-hybridized carbons (Fsp3) is 0.778. The van der Waals surface area contributed by atoms with E-state index in [1.165, 1.54) is 0 Å². The molecule has 0 bridgehead atoms. The van der Waals surface area contributed by atoms with Gasteiger partial charge in [-0.1, -0.05) is 6.42 Å². The van der Waals surface area contributed by atoms with E-state index in [0.29, 0.717) is 19.3 Å². The van der Waals surface area contributed by atoms with Gasteiger partial charge < -0.3 is 15.2 Å². The second-order valence-electron chi connectivity index (χ2n) is 3.82. The second kappa shape index (κ2) is 5.24. The highest BCUT2D eigenvalue weighted by Gasteiger charge is 2.35. The van der Waals surface area contributed by atoms with Crippen LogP contribution < -0.4 is 5.32 Å². The monoisotopic (exact) mass is 255 g/mol. The number of carboxylic acid groups (broad SMARTS) is 1. The van der Waals surface area contributed by atoms with E-state index in [1.54, 1.807) is 0 Å². The molecule has 0 aromatic carbocycles. The average molecular weight is 255 g/mol. The van der Waals surface area contributed by atoms with Crippen molar-refractivity contribution in [2.75, 3.05) is 6.61 Å². The summed E-state index contributed by atoms with van der Waals surface area (Å²) >= 11 is 0. The molecule has 0 radical (unpaired) electrons. The highest BCUT2D eigenvalue weighted by molar-refractivity contribution is 5.74. The van der Waals surface area contributed by atoms with E-state index < -0.39 is 36.8 Å². The van der Waals surface area contributed by atoms with E-state index in [2.05, 4.69) is 10.1 Å². The van der Waals surface area contributed by atoms with Crippen molar-refractivity contribution in [2.24, 2.45) is 5.92 Å². The van der Waals surface area contributed by atoms with Crippen molar-refractivity contribution in [3.63, 3.8) is 0 Å². The SMILES string of the molecule is O=C(NC1CCCC1C(=O)O)OCC(F)(F)F. The van der Waals surface area contributed by atoms with Crippen LogP contribution in [0.15, 0.2) is 0 Å². The topological polar surface area (TPSA) is 75.6 Å². The van der Waals surface area contributed by atoms with Gasteiger partial charge in [-0.3, -0.25) is 4.79 Å². The third-order valence-electron chi connectivity index (χ3n) is 2.50. The minimum atomic E-state index is -4.58. The Bertz CT molecular complexity index is 305. The molecule has 1 fully saturated rings. The van der Waals surface area contributed by atoms with Crippen LogP contribution in [0.4, 0.5) is 18.0 Å². The van der Waals surface area contributed by atoms with Gasteiger partial charge in [-0.25, -0.2) is 4.79 Å². The largest absolute Gasteiger partial charge is 0.481 e. The number of carbonyl (C=O) groups is 2. The van der Waals surface area contributed by atoms with Crippen molar-refractivity contribution in [3.05, 3.63) is 0 Å². The first-order chi connectivity index (χ1) is 7.79. The van der Waals surface area contributed by atoms with E-state index in [4.69, 9.17) is 5.11 Å². The van der Waals surface area contributed by atoms with E-state index in [0.717, 1.165) is 0 Å². The van der Waals surface area contributed by atoms with Crippen LogP contribution in [0.3, 0.4) is 0 Å². The van der Waals surface area contributed by atoms with Crippen molar-refractivity contribution in [1.82, 2.24) is 5.32 Å². The van der Waals surface area contributed by atoms with Gasteiger partial charge in [-0.05, 0) is 12.8 Å². The molecule has 8 heteroatoms. The summed E-state index contributed by atoms with van der Waals surface area (Å²) in [6.07, 6.45) is -4.38. The minimum absolute atomic E-state index is 0.402. The molecular formula is C9H12F3NO4. The van der Waals surface area contributed by atoms with Gasteiger partial charge in [0.2, 0.25) is 0 Å². The highest BCUT2D eigenvalue weighted by Crippen LogP contribution is 2.26. The summed E-state index contributed by atoms with van der Waals surface area (Å²) in [5.74, 6) is -1.82. The summed E-state index contributed by atoms with van der Waals surface area (Å²) in [6, 6.07) is -0.659. The van der Waals surface area contributed by atoms with Crippen LogP contribution in [0.2, 0.25) is 0 Å². The molecule has 0 aromatic rings. The van der Waals surface area contributed by atoms with E-state index in [-0.39, 0.29) is 0 Å². The van der Waals surface area contributed by atoms with E-state index >= 15 is 0 Å². The van der Waals surface area contributed by atoms with Crippen LogP contribution in [-0.4, -0.2) is 36.0 Å². The minimum Gasteiger partial charge on any atom is -0.481 e. The first-order valence-corrected chi connectivity index (χ1v) is 5.02. The van der Waals surface area contributed by atoms with Gasteiger partial charge in [-0.15, -0.1) is 0 Å². The van der Waals surface area contributed by atoms with Gasteiger partial charge in [0.25, 0.3) is 0 Å². The molecular weight excluding hydrogens is 243 g/mol. The number of amides is 1. The zero-order valence-corrected chi connectivity index (χ0v) is 8.79. The summed E-state index contributed by atoms with van der Waals surface area (Å²) in [5, 5.41) is 10.9. The Morgan fingerprint density at radius 2 is 2.00 bits per heavy atom. The summed E-state index contributed by atoms with van der Waals surface area (Å²) in [7, 11) is 0. The first kappa shape index (κ1) is 13.6. The van der Waals surface area contributed by atoms with Gasteiger partial charge in [-0.2, -0.15) is 13.2 Å². The van der Waals surface area contributed by atoms with Gasteiger partial charge in [0.05, 0.1) is 5.92 Å². The summed E-state index contributed by atoms with van der Waals surface area (Å²) in [5.41, 5.74) is 0. The van der Waals surface area contributed by atoms with Crippen LogP contribution in [0.25, 0.3) is 0 Å². The molecule has 0 spiro atoms. The molecule has 1 aliphatic carbocycles. The predicted molar refractivity (Wildman–Crippen MR) is 49.3 cm³/mol. The van der Waals surface area contributed by atoms with Crippen molar-refractivity contribution >= 4 is 12.1 Å². The number of carbonyl (C=O) groups excluding carboxylic acids is 1. The maximum absolute atomic E-state index is 11.7. The third-order valence-corrected chi connectivity index (χ3v) is 2.50. The van der Waals surface area contributed by atoms with Crippen LogP contribution in [0, 0.1) is 5.92 Å². The molecule has 0 heterocycles. The number of alkyl halides is 3. The van der Waals surface area contributed by atoms with Gasteiger partial charge in [0.15, 0.2) is 6.61 Å². The fourth-order valence-corrected chi connectivity index (χ4v) is 1.77. The molecule has 5 nitrogen and oxygen atoms in total. The lowest BCUT2D eigenvalue weighted by atomic mass is 10.0. The lowest BCUT2D eigenvalue weighted by Gasteiger charge is -2.17. The molecule has 2 unspecified atom stereocenters. The Labute approximate surface area is 94.9 Å². The zero-order chi connectivity index (χ0) is 13.1. The number of rotatable bonds is 3. The van der Waals surface area contributed by atoms with Gasteiger partial charge in [0.1, 0.15) is 0 Å². The van der Waals surface area contributed by atoms with Crippen molar-refractivity contribution in [1.29, 1.82) is 0 Å². The van der Waals surface area contributed by atoms with Gasteiger partial charge in [0, 0.05) is 6.04 Å². The first-order valence-electron chi connectivity index (χ1n) is 5.02. The lowest BCUT2D eigenvalue weighted by Crippen LogP contribution is -2.41. The molecule has 1 saturated carbocycles. The average Bonchev–Trinajstić information content (AvgIpc) is 2.62. The Balaban J connectivity index is 2.38. The van der Waals surface area contributed by atoms with Gasteiger partial charge >= 0.3 is 18.2 Å². The number of alkyl carbamates (subject to hydrolysis) is 1. The summed E-state index contributed by atoms with van der Waals surface area (Å²) in [6.45, 7) is -1.68. The van der Waals surface area contributed by atoms with Crippen LogP contribution >= 0.6 is 0 Å². The fourth-order valence-electron chi connectivity index (χ4n) is 1.77. The van der Waals surface area contributed by atoms with Crippen molar-refractivity contribution in [3.8, 4) is 0 Å². The lowest BCUT2D eigenvalue weighted by molar-refractivity contribution is -0.160. The maximum Gasteiger partial charge on any atom is 0.422 e. The number of aliphatic carboxylic acids is 1. The molecule has 17 heavy (non-hydrogen) atoms. The molecule has 0 aromatic heterocycles.